The average Bonchev–Trinajstić information content (AvgIpc) is 2.81. The summed E-state index contributed by atoms with van der Waals surface area (Å²) < 4.78 is 19.3. The quantitative estimate of drug-likeness (QED) is 0.765. The molecule has 4 heteroatoms. The second kappa shape index (κ2) is 4.48. The van der Waals surface area contributed by atoms with Gasteiger partial charge in [0.1, 0.15) is 28.9 Å². The van der Waals surface area contributed by atoms with Crippen molar-refractivity contribution in [3.63, 3.8) is 0 Å². The van der Waals surface area contributed by atoms with E-state index in [1.807, 2.05) is 31.2 Å². The molecular weight excluding hydrogens is 243 g/mol. The van der Waals surface area contributed by atoms with E-state index >= 15 is 0 Å². The Morgan fingerprint density at radius 2 is 2.11 bits per heavy atom. The topological polar surface area (TPSA) is 52.0 Å². The number of aromatic nitrogens is 1. The molecule has 3 nitrogen and oxygen atoms in total. The van der Waals surface area contributed by atoms with Gasteiger partial charge in [0.15, 0.2) is 0 Å². The average molecular weight is 256 g/mol. The maximum atomic E-state index is 13.7. The summed E-state index contributed by atoms with van der Waals surface area (Å²) in [5.74, 6) is 0.0878. The van der Waals surface area contributed by atoms with Gasteiger partial charge in [-0.3, -0.25) is 4.98 Å². The van der Waals surface area contributed by atoms with Crippen LogP contribution in [0.1, 0.15) is 23.1 Å². The highest BCUT2D eigenvalue weighted by molar-refractivity contribution is 5.78. The number of benzene rings is 1. The first-order valence-corrected chi connectivity index (χ1v) is 6.01. The minimum atomic E-state index is -0.700. The number of rotatable bonds is 2. The highest BCUT2D eigenvalue weighted by atomic mass is 19.1. The summed E-state index contributed by atoms with van der Waals surface area (Å²) in [5.41, 5.74) is 8.10. The zero-order chi connectivity index (χ0) is 13.4. The van der Waals surface area contributed by atoms with Gasteiger partial charge in [0, 0.05) is 11.6 Å². The van der Waals surface area contributed by atoms with Gasteiger partial charge in [-0.25, -0.2) is 4.39 Å². The molecule has 0 amide bonds. The molecule has 1 unspecified atom stereocenters. The molecule has 0 aliphatic heterocycles. The first-order chi connectivity index (χ1) is 9.15. The SMILES string of the molecule is Cc1ccc2oc(C(N)c3ncccc3F)cc2c1. The van der Waals surface area contributed by atoms with E-state index in [1.165, 1.54) is 18.3 Å². The van der Waals surface area contributed by atoms with Crippen molar-refractivity contribution in [2.75, 3.05) is 0 Å². The molecule has 3 aromatic rings. The highest BCUT2D eigenvalue weighted by Gasteiger charge is 2.18. The van der Waals surface area contributed by atoms with Crippen molar-refractivity contribution < 1.29 is 8.81 Å². The van der Waals surface area contributed by atoms with Crippen molar-refractivity contribution in [3.8, 4) is 0 Å². The fourth-order valence-corrected chi connectivity index (χ4v) is 2.10. The Balaban J connectivity index is 2.07. The van der Waals surface area contributed by atoms with Crippen LogP contribution in [0.15, 0.2) is 47.0 Å². The zero-order valence-corrected chi connectivity index (χ0v) is 10.4. The molecule has 2 N–H and O–H groups in total. The summed E-state index contributed by atoms with van der Waals surface area (Å²) in [6, 6.07) is 9.86. The van der Waals surface area contributed by atoms with Crippen LogP contribution in [-0.4, -0.2) is 4.98 Å². The van der Waals surface area contributed by atoms with Crippen molar-refractivity contribution in [3.05, 3.63) is 65.4 Å². The van der Waals surface area contributed by atoms with Crippen LogP contribution in [0.25, 0.3) is 11.0 Å². The third kappa shape index (κ3) is 2.11. The Bertz CT molecular complexity index is 736. The highest BCUT2D eigenvalue weighted by Crippen LogP contribution is 2.27. The molecule has 0 bridgehead atoms. The van der Waals surface area contributed by atoms with Gasteiger partial charge in [0.05, 0.1) is 0 Å². The first kappa shape index (κ1) is 11.9. The van der Waals surface area contributed by atoms with Crippen molar-refractivity contribution in [1.29, 1.82) is 0 Å². The Labute approximate surface area is 109 Å². The second-order valence-electron chi connectivity index (χ2n) is 4.54. The van der Waals surface area contributed by atoms with E-state index in [2.05, 4.69) is 4.98 Å². The van der Waals surface area contributed by atoms with Crippen LogP contribution in [0.2, 0.25) is 0 Å². The number of nitrogens with zero attached hydrogens (tertiary/aromatic N) is 1. The van der Waals surface area contributed by atoms with Crippen molar-refractivity contribution in [2.45, 2.75) is 13.0 Å². The summed E-state index contributed by atoms with van der Waals surface area (Å²) in [5, 5.41) is 0.960. The molecule has 19 heavy (non-hydrogen) atoms. The maximum absolute atomic E-state index is 13.7. The number of hydrogen-bond donors (Lipinski definition) is 1. The zero-order valence-electron chi connectivity index (χ0n) is 10.4. The van der Waals surface area contributed by atoms with E-state index in [4.69, 9.17) is 10.2 Å². The van der Waals surface area contributed by atoms with Crippen LogP contribution >= 0.6 is 0 Å². The minimum absolute atomic E-state index is 0.193. The maximum Gasteiger partial charge on any atom is 0.146 e. The Hall–Kier alpha value is -2.20. The smallest absolute Gasteiger partial charge is 0.146 e. The number of hydrogen-bond acceptors (Lipinski definition) is 3. The molecule has 3 rings (SSSR count). The molecule has 0 fully saturated rings. The lowest BCUT2D eigenvalue weighted by Gasteiger charge is -2.08. The predicted molar refractivity (Wildman–Crippen MR) is 71.2 cm³/mol. The number of halogens is 1. The Kier molecular flexibility index (Phi) is 2.80. The van der Waals surface area contributed by atoms with Crippen LogP contribution in [0.3, 0.4) is 0 Å². The van der Waals surface area contributed by atoms with Gasteiger partial charge < -0.3 is 10.2 Å². The molecule has 0 spiro atoms. The number of aryl methyl sites for hydroxylation is 1. The predicted octanol–water partition coefficient (Wildman–Crippen LogP) is 3.32. The molecule has 0 radical (unpaired) electrons. The van der Waals surface area contributed by atoms with Crippen LogP contribution in [0.5, 0.6) is 0 Å². The summed E-state index contributed by atoms with van der Waals surface area (Å²) in [7, 11) is 0. The lowest BCUT2D eigenvalue weighted by Crippen LogP contribution is -2.14. The van der Waals surface area contributed by atoms with Crippen LogP contribution in [0.4, 0.5) is 4.39 Å². The van der Waals surface area contributed by atoms with Crippen LogP contribution in [-0.2, 0) is 0 Å². The van der Waals surface area contributed by atoms with Crippen LogP contribution < -0.4 is 5.73 Å². The third-order valence-corrected chi connectivity index (χ3v) is 3.08. The van der Waals surface area contributed by atoms with Crippen molar-refractivity contribution in [1.82, 2.24) is 4.98 Å². The van der Waals surface area contributed by atoms with Gasteiger partial charge >= 0.3 is 0 Å². The molecule has 1 aromatic carbocycles. The van der Waals surface area contributed by atoms with E-state index in [9.17, 15) is 4.39 Å². The minimum Gasteiger partial charge on any atom is -0.459 e. The van der Waals surface area contributed by atoms with E-state index < -0.39 is 11.9 Å². The number of pyridine rings is 1. The summed E-state index contributed by atoms with van der Waals surface area (Å²) >= 11 is 0. The van der Waals surface area contributed by atoms with Gasteiger partial charge in [-0.2, -0.15) is 0 Å². The molecule has 96 valence electrons. The van der Waals surface area contributed by atoms with Gasteiger partial charge in [0.2, 0.25) is 0 Å². The van der Waals surface area contributed by atoms with E-state index in [1.54, 1.807) is 0 Å². The molecule has 0 aliphatic rings. The van der Waals surface area contributed by atoms with E-state index in [0.29, 0.717) is 5.76 Å². The fourth-order valence-electron chi connectivity index (χ4n) is 2.10. The molecule has 2 heterocycles. The molecule has 2 aromatic heterocycles. The lowest BCUT2D eigenvalue weighted by molar-refractivity contribution is 0.502. The van der Waals surface area contributed by atoms with E-state index in [0.717, 1.165) is 16.5 Å². The molecular formula is C15H13FN2O. The number of fused-ring (bicyclic) bond motifs is 1. The van der Waals surface area contributed by atoms with E-state index in [-0.39, 0.29) is 5.69 Å². The van der Waals surface area contributed by atoms with Gasteiger partial charge in [-0.05, 0) is 37.3 Å². The number of furan rings is 1. The lowest BCUT2D eigenvalue weighted by atomic mass is 10.1. The standard InChI is InChI=1S/C15H13FN2O/c1-9-4-5-12-10(7-9)8-13(19-12)14(17)15-11(16)3-2-6-18-15/h2-8,14H,17H2,1H3. The molecule has 0 saturated carbocycles. The van der Waals surface area contributed by atoms with Gasteiger partial charge in [-0.15, -0.1) is 0 Å². The fraction of sp³-hybridized carbons (Fsp3) is 0.133. The molecule has 1 atom stereocenters. The summed E-state index contributed by atoms with van der Waals surface area (Å²) in [6.07, 6.45) is 1.52. The normalized spacial score (nSPS) is 12.8. The van der Waals surface area contributed by atoms with Gasteiger partial charge in [0.25, 0.3) is 0 Å². The Morgan fingerprint density at radius 3 is 2.89 bits per heavy atom. The van der Waals surface area contributed by atoms with Crippen molar-refractivity contribution >= 4 is 11.0 Å². The second-order valence-corrected chi connectivity index (χ2v) is 4.54. The molecule has 0 aliphatic carbocycles. The van der Waals surface area contributed by atoms with Crippen LogP contribution in [0, 0.1) is 12.7 Å². The number of nitrogens with two attached hydrogens (primary N) is 1. The monoisotopic (exact) mass is 256 g/mol. The van der Waals surface area contributed by atoms with Crippen molar-refractivity contribution in [2.24, 2.45) is 5.73 Å². The largest absolute Gasteiger partial charge is 0.459 e. The summed E-state index contributed by atoms with van der Waals surface area (Å²) in [4.78, 5) is 3.98. The third-order valence-electron chi connectivity index (χ3n) is 3.08. The first-order valence-electron chi connectivity index (χ1n) is 6.01. The molecule has 0 saturated heterocycles. The Morgan fingerprint density at radius 1 is 1.26 bits per heavy atom. The summed E-state index contributed by atoms with van der Waals surface area (Å²) in [6.45, 7) is 2.00. The van der Waals surface area contributed by atoms with Gasteiger partial charge in [-0.1, -0.05) is 11.6 Å².